The number of methoxy groups -OCH3 is 1. The Morgan fingerprint density at radius 3 is 2.55 bits per heavy atom. The summed E-state index contributed by atoms with van der Waals surface area (Å²) in [5.41, 5.74) is 2.90. The van der Waals surface area contributed by atoms with Gasteiger partial charge in [0.2, 0.25) is 0 Å². The molecule has 3 rings (SSSR count). The molecular weight excluding hydrogens is 386 g/mol. The van der Waals surface area contributed by atoms with E-state index < -0.39 is 5.97 Å². The summed E-state index contributed by atoms with van der Waals surface area (Å²) in [4.78, 5) is 32.9. The average molecular weight is 414 g/mol. The van der Waals surface area contributed by atoms with Crippen molar-refractivity contribution in [2.24, 2.45) is 5.92 Å². The molecule has 0 saturated heterocycles. The molecule has 154 valence electrons. The van der Waals surface area contributed by atoms with Gasteiger partial charge in [0.25, 0.3) is 5.56 Å². The van der Waals surface area contributed by atoms with E-state index in [9.17, 15) is 9.59 Å². The van der Waals surface area contributed by atoms with Gasteiger partial charge in [0.05, 0.1) is 19.0 Å². The van der Waals surface area contributed by atoms with E-state index >= 15 is 0 Å². The van der Waals surface area contributed by atoms with Crippen LogP contribution in [-0.4, -0.2) is 23.0 Å². The molecule has 29 heavy (non-hydrogen) atoms. The molecular formula is C22H27N3O3S. The summed E-state index contributed by atoms with van der Waals surface area (Å²) < 4.78 is 4.81. The highest BCUT2D eigenvalue weighted by molar-refractivity contribution is 7.20. The van der Waals surface area contributed by atoms with Crippen molar-refractivity contribution in [2.45, 2.75) is 46.7 Å². The van der Waals surface area contributed by atoms with Crippen LogP contribution in [0.4, 0.5) is 0 Å². The van der Waals surface area contributed by atoms with E-state index in [2.05, 4.69) is 60.3 Å². The number of H-pyrrole nitrogens is 1. The Hall–Kier alpha value is -2.51. The van der Waals surface area contributed by atoms with Gasteiger partial charge in [-0.2, -0.15) is 0 Å². The lowest BCUT2D eigenvalue weighted by Gasteiger charge is -2.23. The molecule has 3 aromatic rings. The topological polar surface area (TPSA) is 84.1 Å². The molecule has 1 aromatic carbocycles. The minimum absolute atomic E-state index is 0.137. The number of thiophene rings is 1. The maximum Gasteiger partial charge on any atom is 0.348 e. The number of nitrogens with zero attached hydrogens (tertiary/aromatic N) is 1. The number of nitrogens with one attached hydrogen (secondary N) is 2. The number of carbonyl (C=O) groups is 1. The fourth-order valence-electron chi connectivity index (χ4n) is 3.47. The molecule has 6 nitrogen and oxygen atoms in total. The molecule has 0 aliphatic heterocycles. The zero-order chi connectivity index (χ0) is 21.1. The Bertz CT molecular complexity index is 1070. The Morgan fingerprint density at radius 2 is 1.97 bits per heavy atom. The predicted molar refractivity (Wildman–Crippen MR) is 117 cm³/mol. The highest BCUT2D eigenvalue weighted by Crippen LogP contribution is 2.28. The monoisotopic (exact) mass is 413 g/mol. The molecule has 0 radical (unpaired) electrons. The van der Waals surface area contributed by atoms with Crippen LogP contribution in [-0.2, 0) is 17.7 Å². The number of aryl methyl sites for hydroxylation is 2. The summed E-state index contributed by atoms with van der Waals surface area (Å²) in [5.74, 6) is 0.476. The van der Waals surface area contributed by atoms with Gasteiger partial charge in [0, 0.05) is 6.04 Å². The molecule has 0 fully saturated rings. The second kappa shape index (κ2) is 8.88. The van der Waals surface area contributed by atoms with E-state index in [1.807, 2.05) is 0 Å². The molecule has 2 aromatic heterocycles. The number of rotatable bonds is 7. The Kier molecular flexibility index (Phi) is 6.49. The number of benzene rings is 1. The molecule has 2 N–H and O–H groups in total. The molecule has 7 heteroatoms. The first kappa shape index (κ1) is 21.2. The number of fused-ring (bicyclic) bond motifs is 1. The third-order valence-corrected chi connectivity index (χ3v) is 6.29. The first-order chi connectivity index (χ1) is 13.8. The van der Waals surface area contributed by atoms with E-state index in [1.54, 1.807) is 6.92 Å². The standard InChI is InChI=1S/C22H27N3O3S/c1-6-14-7-9-15(10-8-14)18(12(2)3)23-11-16-24-20(26)17-13(4)19(22(27)28-5)29-21(17)25-16/h7-10,12,18,23H,6,11H2,1-5H3,(H,24,25,26)/t18-/m1/s1. The average Bonchev–Trinajstić information content (AvgIpc) is 3.04. The first-order valence-corrected chi connectivity index (χ1v) is 10.6. The van der Waals surface area contributed by atoms with Crippen LogP contribution >= 0.6 is 11.3 Å². The molecule has 0 unspecified atom stereocenters. The fraction of sp³-hybridized carbons (Fsp3) is 0.409. The lowest BCUT2D eigenvalue weighted by molar-refractivity contribution is 0.0605. The van der Waals surface area contributed by atoms with Crippen LogP contribution in [0.2, 0.25) is 0 Å². The van der Waals surface area contributed by atoms with Gasteiger partial charge in [-0.25, -0.2) is 9.78 Å². The Morgan fingerprint density at radius 1 is 1.28 bits per heavy atom. The van der Waals surface area contributed by atoms with Gasteiger partial charge in [-0.15, -0.1) is 11.3 Å². The summed E-state index contributed by atoms with van der Waals surface area (Å²) in [6, 6.07) is 8.75. The summed E-state index contributed by atoms with van der Waals surface area (Å²) in [6.45, 7) is 8.64. The van der Waals surface area contributed by atoms with E-state index in [0.29, 0.717) is 38.9 Å². The summed E-state index contributed by atoms with van der Waals surface area (Å²) in [7, 11) is 1.33. The minimum atomic E-state index is -0.444. The molecule has 0 amide bonds. The lowest BCUT2D eigenvalue weighted by atomic mass is 9.95. The van der Waals surface area contributed by atoms with Crippen LogP contribution < -0.4 is 10.9 Å². The summed E-state index contributed by atoms with van der Waals surface area (Å²) in [5, 5.41) is 3.97. The van der Waals surface area contributed by atoms with Gasteiger partial charge >= 0.3 is 5.97 Å². The molecule has 0 aliphatic rings. The summed E-state index contributed by atoms with van der Waals surface area (Å²) >= 11 is 1.19. The number of aromatic amines is 1. The largest absolute Gasteiger partial charge is 0.465 e. The normalized spacial score (nSPS) is 12.5. The highest BCUT2D eigenvalue weighted by Gasteiger charge is 2.20. The first-order valence-electron chi connectivity index (χ1n) is 9.78. The second-order valence-corrected chi connectivity index (χ2v) is 8.44. The SMILES string of the molecule is CCc1ccc([C@H](NCc2nc3sc(C(=O)OC)c(C)c3c(=O)[nH]2)C(C)C)cc1. The van der Waals surface area contributed by atoms with Crippen LogP contribution in [0.25, 0.3) is 10.2 Å². The smallest absolute Gasteiger partial charge is 0.348 e. The molecule has 1 atom stereocenters. The quantitative estimate of drug-likeness (QED) is 0.569. The van der Waals surface area contributed by atoms with Crippen molar-refractivity contribution in [3.05, 3.63) is 62.0 Å². The van der Waals surface area contributed by atoms with Crippen LogP contribution in [0.3, 0.4) is 0 Å². The van der Waals surface area contributed by atoms with Gasteiger partial charge in [0.1, 0.15) is 15.5 Å². The number of esters is 1. The van der Waals surface area contributed by atoms with Gasteiger partial charge in [-0.1, -0.05) is 45.0 Å². The minimum Gasteiger partial charge on any atom is -0.465 e. The highest BCUT2D eigenvalue weighted by atomic mass is 32.1. The van der Waals surface area contributed by atoms with Crippen LogP contribution in [0.1, 0.15) is 59.0 Å². The molecule has 0 saturated carbocycles. The van der Waals surface area contributed by atoms with E-state index in [0.717, 1.165) is 6.42 Å². The van der Waals surface area contributed by atoms with Gasteiger partial charge in [-0.3, -0.25) is 4.79 Å². The van der Waals surface area contributed by atoms with Crippen LogP contribution in [0.15, 0.2) is 29.1 Å². The number of hydrogen-bond donors (Lipinski definition) is 2. The van der Waals surface area contributed by atoms with Crippen LogP contribution in [0.5, 0.6) is 0 Å². The maximum absolute atomic E-state index is 12.6. The third kappa shape index (κ3) is 4.41. The van der Waals surface area contributed by atoms with Crippen molar-refractivity contribution in [1.29, 1.82) is 0 Å². The molecule has 0 bridgehead atoms. The van der Waals surface area contributed by atoms with Gasteiger partial charge in [0.15, 0.2) is 0 Å². The van der Waals surface area contributed by atoms with Crippen molar-refractivity contribution in [3.63, 3.8) is 0 Å². The number of hydrogen-bond acceptors (Lipinski definition) is 6. The molecule has 2 heterocycles. The molecule has 0 aliphatic carbocycles. The van der Waals surface area contributed by atoms with Crippen molar-refractivity contribution < 1.29 is 9.53 Å². The second-order valence-electron chi connectivity index (χ2n) is 7.44. The predicted octanol–water partition coefficient (Wildman–Crippen LogP) is 4.13. The number of ether oxygens (including phenoxy) is 1. The van der Waals surface area contributed by atoms with Crippen molar-refractivity contribution in [2.75, 3.05) is 7.11 Å². The number of aromatic nitrogens is 2. The zero-order valence-corrected chi connectivity index (χ0v) is 18.3. The van der Waals surface area contributed by atoms with E-state index in [4.69, 9.17) is 4.74 Å². The van der Waals surface area contributed by atoms with E-state index in [1.165, 1.54) is 29.6 Å². The van der Waals surface area contributed by atoms with Crippen molar-refractivity contribution in [1.82, 2.24) is 15.3 Å². The maximum atomic E-state index is 12.6. The van der Waals surface area contributed by atoms with Crippen LogP contribution in [0, 0.1) is 12.8 Å². The zero-order valence-electron chi connectivity index (χ0n) is 17.5. The van der Waals surface area contributed by atoms with Gasteiger partial charge < -0.3 is 15.0 Å². The lowest BCUT2D eigenvalue weighted by Crippen LogP contribution is -2.27. The van der Waals surface area contributed by atoms with Gasteiger partial charge in [-0.05, 0) is 36.0 Å². The van der Waals surface area contributed by atoms with E-state index in [-0.39, 0.29) is 11.6 Å². The molecule has 0 spiro atoms. The third-order valence-electron chi connectivity index (χ3n) is 5.12. The fourth-order valence-corrected chi connectivity index (χ4v) is 4.58. The summed E-state index contributed by atoms with van der Waals surface area (Å²) in [6.07, 6.45) is 1.01. The van der Waals surface area contributed by atoms with Crippen molar-refractivity contribution >= 4 is 27.5 Å². The Balaban J connectivity index is 1.86. The number of carbonyl (C=O) groups excluding carboxylic acids is 1. The Labute approximate surface area is 174 Å². The van der Waals surface area contributed by atoms with Crippen molar-refractivity contribution in [3.8, 4) is 0 Å².